The van der Waals surface area contributed by atoms with Crippen molar-refractivity contribution < 1.29 is 2.85 Å². The van der Waals surface area contributed by atoms with Crippen LogP contribution in [0, 0.1) is 0 Å². The Kier molecular flexibility index (Phi) is 6.17. The average Bonchev–Trinajstić information content (AvgIpc) is 2.19. The van der Waals surface area contributed by atoms with Gasteiger partial charge in [-0.2, -0.15) is 0 Å². The van der Waals surface area contributed by atoms with Gasteiger partial charge < -0.3 is 2.85 Å². The third-order valence-corrected chi connectivity index (χ3v) is 4.85. The zero-order chi connectivity index (χ0) is 10.6. The minimum absolute atomic E-state index is 0. The predicted molar refractivity (Wildman–Crippen MR) is 75.9 cm³/mol. The maximum Gasteiger partial charge on any atom is 2.00 e. The van der Waals surface area contributed by atoms with Gasteiger partial charge in [0.1, 0.15) is 0 Å². The summed E-state index contributed by atoms with van der Waals surface area (Å²) in [7, 11) is -1.21. The fourth-order valence-corrected chi connectivity index (χ4v) is 2.80. The van der Waals surface area contributed by atoms with E-state index >= 15 is 0 Å². The molecule has 0 fully saturated rings. The van der Waals surface area contributed by atoms with Crippen LogP contribution in [-0.4, -0.2) is 31.1 Å². The zero-order valence-electron chi connectivity index (χ0n) is 11.8. The van der Waals surface area contributed by atoms with E-state index in [9.17, 15) is 0 Å². The van der Waals surface area contributed by atoms with Gasteiger partial charge in [0.25, 0.3) is 0 Å². The predicted octanol–water partition coefficient (Wildman–Crippen LogP) is 3.69. The summed E-state index contributed by atoms with van der Waals surface area (Å²) >= 11 is 0. The van der Waals surface area contributed by atoms with E-state index in [1.807, 2.05) is 6.08 Å². The Morgan fingerprint density at radius 2 is 1.73 bits per heavy atom. The molecule has 1 rings (SSSR count). The molecule has 0 unspecified atom stereocenters. The molecular weight excluding hydrogens is 209 g/mol. The number of benzene rings is 1. The summed E-state index contributed by atoms with van der Waals surface area (Å²) in [5.74, 6) is 0. The van der Waals surface area contributed by atoms with E-state index < -0.39 is 8.07 Å². The van der Waals surface area contributed by atoms with Gasteiger partial charge in [-0.05, 0) is 11.6 Å². The molecule has 0 amide bonds. The van der Waals surface area contributed by atoms with E-state index in [4.69, 9.17) is 0 Å². The largest absolute Gasteiger partial charge is 2.00 e. The second-order valence-corrected chi connectivity index (χ2v) is 9.05. The zero-order valence-corrected chi connectivity index (χ0v) is 12.2. The van der Waals surface area contributed by atoms with Gasteiger partial charge in [-0.25, -0.2) is 0 Å². The smallest absolute Gasteiger partial charge is 1.00 e. The quantitative estimate of drug-likeness (QED) is 0.690. The van der Waals surface area contributed by atoms with Gasteiger partial charge in [0.15, 0.2) is 0 Å². The van der Waals surface area contributed by atoms with Crippen molar-refractivity contribution in [3.8, 4) is 0 Å². The van der Waals surface area contributed by atoms with Crippen LogP contribution >= 0.6 is 0 Å². The van der Waals surface area contributed by atoms with Crippen LogP contribution in [0.3, 0.4) is 0 Å². The summed E-state index contributed by atoms with van der Waals surface area (Å²) in [5, 5.41) is 0. The molecule has 0 aromatic heterocycles. The first kappa shape index (κ1) is 14.7. The monoisotopic (exact) mass is 228 g/mol. The van der Waals surface area contributed by atoms with Crippen molar-refractivity contribution >= 4 is 37.2 Å². The van der Waals surface area contributed by atoms with Gasteiger partial charge in [0.05, 0.1) is 8.07 Å². The van der Waals surface area contributed by atoms with E-state index in [1.54, 1.807) is 0 Å². The molecule has 0 radical (unpaired) electrons. The first-order valence-corrected chi connectivity index (χ1v) is 8.21. The fourth-order valence-electron chi connectivity index (χ4n) is 1.37. The van der Waals surface area contributed by atoms with Crippen LogP contribution in [0.25, 0.3) is 6.08 Å². The number of hydrogen-bond acceptors (Lipinski definition) is 0. The van der Waals surface area contributed by atoms with Crippen LogP contribution in [0.1, 0.15) is 14.0 Å². The molecule has 1 aromatic rings. The summed E-state index contributed by atoms with van der Waals surface area (Å²) in [6.45, 7) is 12.3. The Balaban J connectivity index is -0.000000653. The Labute approximate surface area is 113 Å². The van der Waals surface area contributed by atoms with Crippen molar-refractivity contribution in [2.45, 2.75) is 19.1 Å². The molecule has 1 aromatic carbocycles. The molecule has 15 heavy (non-hydrogen) atoms. The van der Waals surface area contributed by atoms with Gasteiger partial charge in [-0.15, -0.1) is 12.3 Å². The average molecular weight is 229 g/mol. The molecule has 0 N–H and O–H groups in total. The van der Waals surface area contributed by atoms with Crippen LogP contribution in [-0.2, 0) is 6.04 Å². The van der Waals surface area contributed by atoms with E-state index in [1.165, 1.54) is 17.2 Å². The van der Waals surface area contributed by atoms with Crippen LogP contribution in [0.2, 0.25) is 13.1 Å². The molecule has 78 valence electrons. The van der Waals surface area contributed by atoms with Crippen molar-refractivity contribution in [3.63, 3.8) is 0 Å². The second-order valence-electron chi connectivity index (χ2n) is 4.32. The van der Waals surface area contributed by atoms with Gasteiger partial charge >= 0.3 is 23.1 Å². The van der Waals surface area contributed by atoms with Crippen LogP contribution in [0.4, 0.5) is 0 Å². The Hall–Kier alpha value is -0.317. The summed E-state index contributed by atoms with van der Waals surface area (Å²) in [4.78, 5) is 0. The summed E-state index contributed by atoms with van der Waals surface area (Å²) in [6, 6.07) is 9.80. The van der Waals surface area contributed by atoms with Crippen molar-refractivity contribution in [2.75, 3.05) is 0 Å². The standard InChI is InChI=1S/C13H18Si.Mg.2H/c1-5-12-7-9-13(10-8-12)11-14(3,4)6-2;;;/h5-10H,1-2,11H2,3-4H3;;;/q;+2;2*-1. The van der Waals surface area contributed by atoms with Gasteiger partial charge in [0.2, 0.25) is 0 Å². The van der Waals surface area contributed by atoms with Gasteiger partial charge in [0, 0.05) is 0 Å². The van der Waals surface area contributed by atoms with Crippen LogP contribution < -0.4 is 0 Å². The van der Waals surface area contributed by atoms with E-state index in [0.29, 0.717) is 0 Å². The number of hydrogen-bond donors (Lipinski definition) is 0. The molecule has 0 saturated carbocycles. The maximum atomic E-state index is 3.91. The molecule has 0 nitrogen and oxygen atoms in total. The molecular formula is C13H20MgSi. The topological polar surface area (TPSA) is 0 Å². The SMILES string of the molecule is C=Cc1ccc(C[Si](C)(C)C=C)cc1.[H-].[H-].[Mg+2]. The molecule has 0 aliphatic carbocycles. The fraction of sp³-hybridized carbons (Fsp3) is 0.231. The second kappa shape index (κ2) is 6.31. The van der Waals surface area contributed by atoms with Crippen molar-refractivity contribution in [1.82, 2.24) is 0 Å². The van der Waals surface area contributed by atoms with E-state index in [0.717, 1.165) is 0 Å². The minimum atomic E-state index is -1.21. The van der Waals surface area contributed by atoms with Crippen LogP contribution in [0.5, 0.6) is 0 Å². The maximum absolute atomic E-state index is 3.91. The Morgan fingerprint density at radius 1 is 1.20 bits per heavy atom. The molecule has 0 aliphatic rings. The molecule has 0 bridgehead atoms. The third kappa shape index (κ3) is 4.82. The molecule has 0 spiro atoms. The molecule has 0 heterocycles. The van der Waals surface area contributed by atoms with E-state index in [-0.39, 0.29) is 25.9 Å². The van der Waals surface area contributed by atoms with Crippen molar-refractivity contribution in [2.24, 2.45) is 0 Å². The Bertz CT molecular complexity index is 334. The minimum Gasteiger partial charge on any atom is -1.00 e. The Morgan fingerprint density at radius 3 is 2.13 bits per heavy atom. The molecule has 0 aliphatic heterocycles. The first-order chi connectivity index (χ1) is 6.57. The summed E-state index contributed by atoms with van der Waals surface area (Å²) in [5.41, 5.74) is 4.74. The number of rotatable bonds is 4. The molecule has 0 atom stereocenters. The van der Waals surface area contributed by atoms with Crippen molar-refractivity contribution in [1.29, 1.82) is 0 Å². The van der Waals surface area contributed by atoms with Crippen LogP contribution in [0.15, 0.2) is 43.1 Å². The molecule has 0 saturated heterocycles. The van der Waals surface area contributed by atoms with E-state index in [2.05, 4.69) is 56.2 Å². The normalized spacial score (nSPS) is 10.3. The molecule has 2 heteroatoms. The summed E-state index contributed by atoms with van der Waals surface area (Å²) < 4.78 is 0. The van der Waals surface area contributed by atoms with Gasteiger partial charge in [-0.3, -0.25) is 0 Å². The van der Waals surface area contributed by atoms with Gasteiger partial charge in [-0.1, -0.05) is 55.6 Å². The first-order valence-electron chi connectivity index (χ1n) is 4.92. The summed E-state index contributed by atoms with van der Waals surface area (Å²) in [6.07, 6.45) is 1.87. The third-order valence-electron chi connectivity index (χ3n) is 2.43. The van der Waals surface area contributed by atoms with Crippen molar-refractivity contribution in [3.05, 3.63) is 54.2 Å².